The molecule has 0 amide bonds. The summed E-state index contributed by atoms with van der Waals surface area (Å²) in [5.41, 5.74) is -0.637. The van der Waals surface area contributed by atoms with Gasteiger partial charge in [-0.05, 0) is 40.5 Å². The molecule has 1 rings (SSSR count). The summed E-state index contributed by atoms with van der Waals surface area (Å²) in [6.45, 7) is 7.77. The summed E-state index contributed by atoms with van der Waals surface area (Å²) in [5.74, 6) is 0. The minimum absolute atomic E-state index is 0. The van der Waals surface area contributed by atoms with Gasteiger partial charge in [-0.15, -0.1) is 0 Å². The molecule has 0 radical (unpaired) electrons. The van der Waals surface area contributed by atoms with Gasteiger partial charge in [-0.2, -0.15) is 5.06 Å². The van der Waals surface area contributed by atoms with Crippen molar-refractivity contribution in [1.82, 2.24) is 5.06 Å². The lowest BCUT2D eigenvalue weighted by Crippen LogP contribution is -3.00. The Morgan fingerprint density at radius 2 is 1.38 bits per heavy atom. The van der Waals surface area contributed by atoms with Gasteiger partial charge in [0.25, 0.3) is 0 Å². The number of piperidine rings is 1. The van der Waals surface area contributed by atoms with Gasteiger partial charge < -0.3 is 22.7 Å². The van der Waals surface area contributed by atoms with E-state index in [-0.39, 0.29) is 29.6 Å². The molecule has 0 bridgehead atoms. The summed E-state index contributed by atoms with van der Waals surface area (Å²) in [4.78, 5) is 0. The Morgan fingerprint density at radius 3 is 1.69 bits per heavy atom. The fraction of sp³-hybridized carbons (Fsp3) is 1.00. The van der Waals surface area contributed by atoms with Gasteiger partial charge in [0.2, 0.25) is 0 Å². The number of hydrogen-bond donors (Lipinski definition) is 2. The Bertz CT molecular complexity index is 164. The van der Waals surface area contributed by atoms with Crippen LogP contribution in [-0.2, 0) is 0 Å². The normalized spacial score (nSPS) is 28.2. The van der Waals surface area contributed by atoms with Crippen molar-refractivity contribution >= 4 is 0 Å². The van der Waals surface area contributed by atoms with E-state index in [1.54, 1.807) is 0 Å². The molecule has 4 heteroatoms. The third kappa shape index (κ3) is 2.56. The molecule has 0 atom stereocenters. The Balaban J connectivity index is 0.00000144. The van der Waals surface area contributed by atoms with Gasteiger partial charge >= 0.3 is 0 Å². The van der Waals surface area contributed by atoms with E-state index in [1.807, 2.05) is 27.7 Å². The molecule has 0 aromatic rings. The minimum atomic E-state index is -0.318. The van der Waals surface area contributed by atoms with Crippen LogP contribution >= 0.6 is 0 Å². The van der Waals surface area contributed by atoms with E-state index >= 15 is 0 Å². The van der Waals surface area contributed by atoms with E-state index in [0.29, 0.717) is 12.8 Å². The van der Waals surface area contributed by atoms with Crippen LogP contribution in [0.1, 0.15) is 40.5 Å². The highest BCUT2D eigenvalue weighted by molar-refractivity contribution is 4.95. The van der Waals surface area contributed by atoms with Gasteiger partial charge in [-0.1, -0.05) is 0 Å². The van der Waals surface area contributed by atoms with Crippen molar-refractivity contribution in [3.05, 3.63) is 0 Å². The number of nitrogens with zero attached hydrogens (tertiary/aromatic N) is 1. The average molecular weight is 209 g/mol. The summed E-state index contributed by atoms with van der Waals surface area (Å²) >= 11 is 0. The highest BCUT2D eigenvalue weighted by Crippen LogP contribution is 2.36. The molecule has 1 fully saturated rings. The molecule has 13 heavy (non-hydrogen) atoms. The largest absolute Gasteiger partial charge is 1.00 e. The predicted molar refractivity (Wildman–Crippen MR) is 47.0 cm³/mol. The molecule has 1 saturated heterocycles. The van der Waals surface area contributed by atoms with Crippen LogP contribution in [0.2, 0.25) is 0 Å². The molecular weight excluding hydrogens is 190 g/mol. The van der Waals surface area contributed by atoms with Gasteiger partial charge in [0.15, 0.2) is 0 Å². The number of aliphatic hydroxyl groups is 1. The van der Waals surface area contributed by atoms with E-state index in [2.05, 4.69) is 0 Å². The first kappa shape index (κ1) is 13.2. The zero-order chi connectivity index (χ0) is 9.57. The molecule has 3 nitrogen and oxygen atoms in total. The lowest BCUT2D eigenvalue weighted by molar-refractivity contribution is -0.257. The van der Waals surface area contributed by atoms with E-state index in [1.165, 1.54) is 5.06 Å². The van der Waals surface area contributed by atoms with Gasteiger partial charge in [0.1, 0.15) is 0 Å². The smallest absolute Gasteiger partial charge is 0.0576 e. The Kier molecular flexibility index (Phi) is 3.78. The second kappa shape index (κ2) is 3.73. The first-order chi connectivity index (χ1) is 5.26. The maximum Gasteiger partial charge on any atom is 0.0576 e. The molecule has 80 valence electrons. The highest BCUT2D eigenvalue weighted by atomic mass is 35.5. The van der Waals surface area contributed by atoms with E-state index in [4.69, 9.17) is 0 Å². The first-order valence-electron chi connectivity index (χ1n) is 4.43. The van der Waals surface area contributed by atoms with Gasteiger partial charge in [-0.3, -0.25) is 0 Å². The molecule has 2 N–H and O–H groups in total. The van der Waals surface area contributed by atoms with Gasteiger partial charge in [0.05, 0.1) is 6.10 Å². The van der Waals surface area contributed by atoms with Crippen LogP contribution in [-0.4, -0.2) is 32.6 Å². The summed E-state index contributed by atoms with van der Waals surface area (Å²) in [6, 6.07) is 0. The highest BCUT2D eigenvalue weighted by Gasteiger charge is 2.44. The fourth-order valence-corrected chi connectivity index (χ4v) is 2.22. The van der Waals surface area contributed by atoms with E-state index < -0.39 is 0 Å². The standard InChI is InChI=1S/C9H19NO2.ClH/c1-8(2)5-7(11)6-9(3,4)10(8)12;/h7,11-12H,5-6H2,1-4H3;1H/p-1. The summed E-state index contributed by atoms with van der Waals surface area (Å²) in [7, 11) is 0. The number of hydroxylamine groups is 2. The summed E-state index contributed by atoms with van der Waals surface area (Å²) in [6.07, 6.45) is 0.971. The molecular formula is C9H19ClNO2-. The fourth-order valence-electron chi connectivity index (χ4n) is 2.22. The average Bonchev–Trinajstić information content (AvgIpc) is 1.80. The lowest BCUT2D eigenvalue weighted by Gasteiger charge is -2.50. The third-order valence-electron chi connectivity index (χ3n) is 2.62. The Hall–Kier alpha value is 0.170. The van der Waals surface area contributed by atoms with Crippen LogP contribution in [0.25, 0.3) is 0 Å². The van der Waals surface area contributed by atoms with Crippen molar-refractivity contribution in [1.29, 1.82) is 0 Å². The number of aliphatic hydroxyl groups excluding tert-OH is 1. The number of rotatable bonds is 0. The van der Waals surface area contributed by atoms with Crippen LogP contribution < -0.4 is 12.4 Å². The first-order valence-corrected chi connectivity index (χ1v) is 4.43. The topological polar surface area (TPSA) is 43.7 Å². The van der Waals surface area contributed by atoms with Crippen molar-refractivity contribution in [2.24, 2.45) is 0 Å². The number of halogens is 1. The molecule has 1 heterocycles. The zero-order valence-corrected chi connectivity index (χ0v) is 9.47. The molecule has 1 aliphatic heterocycles. The Labute approximate surface area is 86.1 Å². The predicted octanol–water partition coefficient (Wildman–Crippen LogP) is -1.61. The minimum Gasteiger partial charge on any atom is -1.00 e. The maximum absolute atomic E-state index is 9.80. The monoisotopic (exact) mass is 208 g/mol. The molecule has 0 aromatic heterocycles. The van der Waals surface area contributed by atoms with E-state index in [9.17, 15) is 10.3 Å². The van der Waals surface area contributed by atoms with Crippen LogP contribution in [0, 0.1) is 0 Å². The quantitative estimate of drug-likeness (QED) is 0.504. The van der Waals surface area contributed by atoms with Crippen molar-refractivity contribution in [3.8, 4) is 0 Å². The lowest BCUT2D eigenvalue weighted by atomic mass is 9.80. The van der Waals surface area contributed by atoms with Crippen molar-refractivity contribution < 1.29 is 22.7 Å². The summed E-state index contributed by atoms with van der Waals surface area (Å²) < 4.78 is 0. The van der Waals surface area contributed by atoms with Crippen molar-refractivity contribution in [3.63, 3.8) is 0 Å². The SMILES string of the molecule is CC1(C)CC(O)CC(C)(C)N1O.[Cl-]. The van der Waals surface area contributed by atoms with Crippen LogP contribution in [0.5, 0.6) is 0 Å². The van der Waals surface area contributed by atoms with Crippen LogP contribution in [0.3, 0.4) is 0 Å². The molecule has 1 aliphatic rings. The molecule has 0 unspecified atom stereocenters. The van der Waals surface area contributed by atoms with E-state index in [0.717, 1.165) is 0 Å². The molecule has 0 spiro atoms. The maximum atomic E-state index is 9.80. The second-order valence-electron chi connectivity index (χ2n) is 5.00. The second-order valence-corrected chi connectivity index (χ2v) is 5.00. The van der Waals surface area contributed by atoms with Crippen LogP contribution in [0.4, 0.5) is 0 Å². The van der Waals surface area contributed by atoms with Crippen LogP contribution in [0.15, 0.2) is 0 Å². The van der Waals surface area contributed by atoms with Crippen molar-refractivity contribution in [2.75, 3.05) is 0 Å². The third-order valence-corrected chi connectivity index (χ3v) is 2.62. The molecule has 0 saturated carbocycles. The summed E-state index contributed by atoms with van der Waals surface area (Å²) in [5, 5.41) is 20.7. The van der Waals surface area contributed by atoms with Gasteiger partial charge in [-0.25, -0.2) is 0 Å². The molecule has 0 aromatic carbocycles. The van der Waals surface area contributed by atoms with Crippen molar-refractivity contribution in [2.45, 2.75) is 57.7 Å². The van der Waals surface area contributed by atoms with Gasteiger partial charge in [0, 0.05) is 11.1 Å². The zero-order valence-electron chi connectivity index (χ0n) is 8.71. The Morgan fingerprint density at radius 1 is 1.08 bits per heavy atom. The number of hydrogen-bond acceptors (Lipinski definition) is 3. The molecule has 0 aliphatic carbocycles.